The molecule has 0 aliphatic carbocycles. The second-order valence-electron chi connectivity index (χ2n) is 9.61. The zero-order chi connectivity index (χ0) is 30.8. The van der Waals surface area contributed by atoms with Gasteiger partial charge >= 0.3 is 245 Å². The summed E-state index contributed by atoms with van der Waals surface area (Å²) in [5.74, 6) is 0. The van der Waals surface area contributed by atoms with Gasteiger partial charge in [-0.3, -0.25) is 0 Å². The van der Waals surface area contributed by atoms with Crippen LogP contribution in [-0.4, -0.2) is 29.5 Å². The van der Waals surface area contributed by atoms with E-state index in [4.69, 9.17) is 18.6 Å². The average Bonchev–Trinajstić information content (AvgIpc) is 3.05. The van der Waals surface area contributed by atoms with Crippen molar-refractivity contribution < 1.29 is 28.9 Å². The molecule has 0 atom stereocenters. The van der Waals surface area contributed by atoms with Crippen molar-refractivity contribution in [3.63, 3.8) is 0 Å². The van der Waals surface area contributed by atoms with Gasteiger partial charge in [0.1, 0.15) is 0 Å². The first-order valence-corrected chi connectivity index (χ1v) is 18.3. The van der Waals surface area contributed by atoms with E-state index in [-0.39, 0.29) is 29.5 Å². The normalized spacial score (nSPS) is 13.0. The van der Waals surface area contributed by atoms with Crippen molar-refractivity contribution >= 4 is 44.5 Å². The van der Waals surface area contributed by atoms with Gasteiger partial charge in [0.25, 0.3) is 0 Å². The maximum Gasteiger partial charge on any atom is -0.112 e. The predicted molar refractivity (Wildman–Crippen MR) is 170 cm³/mol. The van der Waals surface area contributed by atoms with Crippen LogP contribution in [0.1, 0.15) is 16.7 Å². The van der Waals surface area contributed by atoms with E-state index >= 15 is 0 Å². The number of rotatable bonds is 6. The van der Waals surface area contributed by atoms with E-state index < -0.39 is 10.2 Å². The van der Waals surface area contributed by atoms with Crippen LogP contribution in [0.2, 0.25) is 0 Å². The summed E-state index contributed by atoms with van der Waals surface area (Å²) in [5, 5.41) is 0. The Balaban J connectivity index is 0.000000712. The molecule has 0 saturated carbocycles. The summed E-state index contributed by atoms with van der Waals surface area (Å²) in [6, 6.07) is 47.9. The molecule has 0 amide bonds. The van der Waals surface area contributed by atoms with Crippen LogP contribution in [0.25, 0.3) is 35.0 Å². The Morgan fingerprint density at radius 1 is 0.523 bits per heavy atom. The minimum absolute atomic E-state index is 0.255. The fourth-order valence-electron chi connectivity index (χ4n) is 4.49. The molecule has 0 saturated heterocycles. The number of hydrogen-bond donors (Lipinski definition) is 0. The van der Waals surface area contributed by atoms with E-state index in [1.54, 1.807) is 0 Å². The van der Waals surface area contributed by atoms with Gasteiger partial charge in [-0.1, -0.05) is 0 Å². The van der Waals surface area contributed by atoms with E-state index in [1.807, 2.05) is 0 Å². The zero-order valence-corrected chi connectivity index (χ0v) is 27.6. The molecular formula is C37H27ClO4Se2. The van der Waals surface area contributed by atoms with Crippen molar-refractivity contribution in [1.29, 1.82) is 0 Å². The summed E-state index contributed by atoms with van der Waals surface area (Å²) in [6.07, 6.45) is 11.4. The predicted octanol–water partition coefficient (Wildman–Crippen LogP) is 4.34. The van der Waals surface area contributed by atoms with Crippen molar-refractivity contribution in [3.05, 3.63) is 180 Å². The van der Waals surface area contributed by atoms with E-state index in [2.05, 4.69) is 164 Å². The maximum atomic E-state index is 8.49. The summed E-state index contributed by atoms with van der Waals surface area (Å²) in [6.45, 7) is 0. The standard InChI is InChI=1S/C37H27Se2.ClHO4/c1-5-16-30(17-6-1)34-24-28(25-35(38-34)31-18-7-2-8-19-31)14-13-15-29-26-36(32-20-9-3-10-21-32)39-37(27-29)33-22-11-4-12-23-33;2-1(3,4)5/h1-27H;(H,2,3,4,5)/q+1;/p-1. The van der Waals surface area contributed by atoms with Crippen molar-refractivity contribution in [2.24, 2.45) is 0 Å². The maximum absolute atomic E-state index is 8.49. The monoisotopic (exact) mass is 730 g/mol. The van der Waals surface area contributed by atoms with Crippen LogP contribution < -0.4 is 18.6 Å². The molecule has 0 radical (unpaired) electrons. The molecular weight excluding hydrogens is 702 g/mol. The Bertz CT molecular complexity index is 1680. The Kier molecular flexibility index (Phi) is 11.1. The van der Waals surface area contributed by atoms with Crippen LogP contribution in [0.4, 0.5) is 0 Å². The molecule has 0 N–H and O–H groups in total. The fraction of sp³-hybridized carbons (Fsp3) is 0. The third-order valence-corrected chi connectivity index (χ3v) is 11.3. The fourth-order valence-corrected chi connectivity index (χ4v) is 9.25. The van der Waals surface area contributed by atoms with Crippen LogP contribution in [0.5, 0.6) is 0 Å². The van der Waals surface area contributed by atoms with Crippen LogP contribution in [-0.2, 0) is 0 Å². The molecule has 218 valence electrons. The van der Waals surface area contributed by atoms with Crippen LogP contribution in [0, 0.1) is 10.2 Å². The van der Waals surface area contributed by atoms with Crippen molar-refractivity contribution in [2.75, 3.05) is 0 Å². The molecule has 1 aromatic heterocycles. The Labute approximate surface area is 272 Å². The third-order valence-electron chi connectivity index (χ3n) is 6.44. The Morgan fingerprint density at radius 3 is 1.27 bits per heavy atom. The summed E-state index contributed by atoms with van der Waals surface area (Å²) < 4.78 is 39.6. The molecule has 6 rings (SSSR count). The smallest absolute Gasteiger partial charge is 0.112 e. The molecule has 1 aliphatic rings. The summed E-state index contributed by atoms with van der Waals surface area (Å²) in [7, 11) is -4.94. The van der Waals surface area contributed by atoms with E-state index in [1.165, 1.54) is 51.2 Å². The van der Waals surface area contributed by atoms with Crippen molar-refractivity contribution in [1.82, 2.24) is 0 Å². The molecule has 4 aromatic carbocycles. The number of allylic oxidation sites excluding steroid dienone is 5. The first kappa shape index (κ1) is 31.8. The van der Waals surface area contributed by atoms with Crippen LogP contribution >= 0.6 is 0 Å². The average molecular weight is 729 g/mol. The summed E-state index contributed by atoms with van der Waals surface area (Å²) >= 11 is 0.509. The van der Waals surface area contributed by atoms with Crippen molar-refractivity contribution in [3.8, 4) is 20.0 Å². The van der Waals surface area contributed by atoms with E-state index in [9.17, 15) is 0 Å². The summed E-state index contributed by atoms with van der Waals surface area (Å²) in [5.41, 5.74) is 7.70. The molecule has 0 unspecified atom stereocenters. The first-order valence-electron chi connectivity index (χ1n) is 13.6. The molecule has 5 aromatic rings. The largest absolute Gasteiger partial charge is 0.222 e. The van der Waals surface area contributed by atoms with Gasteiger partial charge in [-0.2, -0.15) is 0 Å². The van der Waals surface area contributed by atoms with Crippen molar-refractivity contribution in [2.45, 2.75) is 0 Å². The topological polar surface area (TPSA) is 92.2 Å². The summed E-state index contributed by atoms with van der Waals surface area (Å²) in [4.78, 5) is 0. The minimum atomic E-state index is -4.94. The van der Waals surface area contributed by atoms with Gasteiger partial charge < -0.3 is 0 Å². The van der Waals surface area contributed by atoms with Crippen LogP contribution in [0.3, 0.4) is 0 Å². The molecule has 1 aliphatic heterocycles. The SMILES string of the molecule is C(/C=C/c1cc(-c2ccccc2)[se+]c(-c2ccccc2)c1)=C1C=C(c2ccccc2)[Se]C(c2ccccc2)=C1.[O-][Cl+3]([O-])([O-])[O-]. The minimum Gasteiger partial charge on any atom is -0.222 e. The molecule has 7 heteroatoms. The number of halogens is 1. The molecule has 0 spiro atoms. The quantitative estimate of drug-likeness (QED) is 0.244. The van der Waals surface area contributed by atoms with E-state index in [0.29, 0.717) is 0 Å². The molecule has 4 nitrogen and oxygen atoms in total. The zero-order valence-electron chi connectivity index (χ0n) is 23.4. The second-order valence-corrected chi connectivity index (χ2v) is 14.9. The molecule has 0 fully saturated rings. The second kappa shape index (κ2) is 15.4. The molecule has 2 heterocycles. The van der Waals surface area contributed by atoms with Gasteiger partial charge in [0, 0.05) is 0 Å². The number of benzene rings is 4. The Hall–Kier alpha value is -3.64. The number of hydrogen-bond acceptors (Lipinski definition) is 4. The van der Waals surface area contributed by atoms with Crippen LogP contribution in [0.15, 0.2) is 163 Å². The molecule has 0 bridgehead atoms. The van der Waals surface area contributed by atoms with E-state index in [0.717, 1.165) is 0 Å². The Morgan fingerprint density at radius 2 is 0.886 bits per heavy atom. The van der Waals surface area contributed by atoms with Gasteiger partial charge in [0.2, 0.25) is 0 Å². The molecule has 44 heavy (non-hydrogen) atoms. The van der Waals surface area contributed by atoms with Gasteiger partial charge in [-0.25, -0.2) is 18.6 Å². The van der Waals surface area contributed by atoms with Gasteiger partial charge in [-0.15, -0.1) is 10.2 Å². The van der Waals surface area contributed by atoms with Gasteiger partial charge in [0.05, 0.1) is 0 Å². The van der Waals surface area contributed by atoms with Gasteiger partial charge in [-0.05, 0) is 0 Å². The third kappa shape index (κ3) is 9.68. The van der Waals surface area contributed by atoms with Gasteiger partial charge in [0.15, 0.2) is 0 Å². The first-order chi connectivity index (χ1) is 21.3.